The van der Waals surface area contributed by atoms with Crippen LogP contribution < -0.4 is 15.2 Å². The number of rotatable bonds is 9. The van der Waals surface area contributed by atoms with Crippen molar-refractivity contribution in [2.24, 2.45) is 11.7 Å². The lowest BCUT2D eigenvalue weighted by Gasteiger charge is -2.16. The van der Waals surface area contributed by atoms with Gasteiger partial charge in [0, 0.05) is 6.04 Å². The highest BCUT2D eigenvalue weighted by Crippen LogP contribution is 2.26. The Hall–Kier alpha value is -1.22. The Morgan fingerprint density at radius 1 is 1.10 bits per heavy atom. The van der Waals surface area contributed by atoms with Gasteiger partial charge in [0.15, 0.2) is 0 Å². The van der Waals surface area contributed by atoms with E-state index in [1.165, 1.54) is 5.56 Å². The monoisotopic (exact) mass is 279 g/mol. The van der Waals surface area contributed by atoms with Crippen LogP contribution in [0.5, 0.6) is 11.5 Å². The third-order valence-electron chi connectivity index (χ3n) is 3.48. The maximum atomic E-state index is 6.10. The SMILES string of the molecule is CCOc1ccc(OCC)c(CCCC(N)C(C)C)c1. The molecule has 0 spiro atoms. The van der Waals surface area contributed by atoms with Crippen molar-refractivity contribution in [3.8, 4) is 11.5 Å². The summed E-state index contributed by atoms with van der Waals surface area (Å²) in [7, 11) is 0. The average Bonchev–Trinajstić information content (AvgIpc) is 2.41. The van der Waals surface area contributed by atoms with Gasteiger partial charge >= 0.3 is 0 Å². The van der Waals surface area contributed by atoms with Crippen LogP contribution in [0.2, 0.25) is 0 Å². The highest BCUT2D eigenvalue weighted by atomic mass is 16.5. The quantitative estimate of drug-likeness (QED) is 0.748. The van der Waals surface area contributed by atoms with E-state index >= 15 is 0 Å². The second-order valence-electron chi connectivity index (χ2n) is 5.44. The van der Waals surface area contributed by atoms with Gasteiger partial charge in [0.25, 0.3) is 0 Å². The predicted molar refractivity (Wildman–Crippen MR) is 84.5 cm³/mol. The molecule has 2 N–H and O–H groups in total. The van der Waals surface area contributed by atoms with Gasteiger partial charge in [-0.25, -0.2) is 0 Å². The molecule has 0 amide bonds. The normalized spacial score (nSPS) is 12.5. The molecule has 0 heterocycles. The van der Waals surface area contributed by atoms with E-state index in [4.69, 9.17) is 15.2 Å². The lowest BCUT2D eigenvalue weighted by atomic mass is 9.97. The zero-order chi connectivity index (χ0) is 15.0. The van der Waals surface area contributed by atoms with Crippen LogP contribution in [-0.4, -0.2) is 19.3 Å². The van der Waals surface area contributed by atoms with E-state index in [0.717, 1.165) is 30.8 Å². The Labute approximate surface area is 123 Å². The minimum atomic E-state index is 0.278. The largest absolute Gasteiger partial charge is 0.494 e. The maximum Gasteiger partial charge on any atom is 0.122 e. The fourth-order valence-corrected chi connectivity index (χ4v) is 2.17. The molecule has 0 aliphatic carbocycles. The van der Waals surface area contributed by atoms with Crippen molar-refractivity contribution < 1.29 is 9.47 Å². The maximum absolute atomic E-state index is 6.10. The number of hydrogen-bond donors (Lipinski definition) is 1. The molecule has 3 heteroatoms. The third kappa shape index (κ3) is 5.41. The van der Waals surface area contributed by atoms with Crippen molar-refractivity contribution in [1.29, 1.82) is 0 Å². The van der Waals surface area contributed by atoms with E-state index < -0.39 is 0 Å². The Morgan fingerprint density at radius 3 is 2.40 bits per heavy atom. The second-order valence-corrected chi connectivity index (χ2v) is 5.44. The zero-order valence-corrected chi connectivity index (χ0v) is 13.3. The molecular formula is C17H29NO2. The molecule has 1 rings (SSSR count). The molecule has 0 radical (unpaired) electrons. The molecule has 3 nitrogen and oxygen atoms in total. The van der Waals surface area contributed by atoms with E-state index in [2.05, 4.69) is 19.9 Å². The van der Waals surface area contributed by atoms with Crippen LogP contribution in [0, 0.1) is 5.92 Å². The van der Waals surface area contributed by atoms with Crippen molar-refractivity contribution in [2.75, 3.05) is 13.2 Å². The molecular weight excluding hydrogens is 250 g/mol. The first-order valence-corrected chi connectivity index (χ1v) is 7.72. The topological polar surface area (TPSA) is 44.5 Å². The number of ether oxygens (including phenoxy) is 2. The highest BCUT2D eigenvalue weighted by Gasteiger charge is 2.10. The molecule has 0 aliphatic heterocycles. The molecule has 1 atom stereocenters. The molecule has 0 fully saturated rings. The molecule has 114 valence electrons. The van der Waals surface area contributed by atoms with E-state index in [0.29, 0.717) is 19.1 Å². The van der Waals surface area contributed by atoms with Crippen LogP contribution in [0.15, 0.2) is 18.2 Å². The summed E-state index contributed by atoms with van der Waals surface area (Å²) in [5, 5.41) is 0. The van der Waals surface area contributed by atoms with Gasteiger partial charge < -0.3 is 15.2 Å². The zero-order valence-electron chi connectivity index (χ0n) is 13.3. The molecule has 0 bridgehead atoms. The van der Waals surface area contributed by atoms with Gasteiger partial charge in [-0.15, -0.1) is 0 Å². The Morgan fingerprint density at radius 2 is 1.80 bits per heavy atom. The Kier molecular flexibility index (Phi) is 7.45. The second kappa shape index (κ2) is 8.85. The number of aryl methyl sites for hydroxylation is 1. The fourth-order valence-electron chi connectivity index (χ4n) is 2.17. The summed E-state index contributed by atoms with van der Waals surface area (Å²) in [6.45, 7) is 9.73. The van der Waals surface area contributed by atoms with Gasteiger partial charge in [0.1, 0.15) is 11.5 Å². The van der Waals surface area contributed by atoms with Crippen molar-refractivity contribution in [2.45, 2.75) is 53.0 Å². The number of benzene rings is 1. The van der Waals surface area contributed by atoms with E-state index in [1.54, 1.807) is 0 Å². The molecule has 1 aromatic carbocycles. The summed E-state index contributed by atoms with van der Waals surface area (Å²) >= 11 is 0. The lowest BCUT2D eigenvalue weighted by Crippen LogP contribution is -2.26. The van der Waals surface area contributed by atoms with Crippen LogP contribution in [-0.2, 0) is 6.42 Å². The molecule has 1 unspecified atom stereocenters. The van der Waals surface area contributed by atoms with Gasteiger partial charge in [0.05, 0.1) is 13.2 Å². The van der Waals surface area contributed by atoms with Crippen molar-refractivity contribution in [1.82, 2.24) is 0 Å². The smallest absolute Gasteiger partial charge is 0.122 e. The predicted octanol–water partition coefficient (Wildman–Crippen LogP) is 3.79. The van der Waals surface area contributed by atoms with Gasteiger partial charge in [-0.05, 0) is 62.8 Å². The van der Waals surface area contributed by atoms with Gasteiger partial charge in [-0.2, -0.15) is 0 Å². The number of nitrogens with two attached hydrogens (primary N) is 1. The first kappa shape index (κ1) is 16.8. The standard InChI is InChI=1S/C17H29NO2/c1-5-19-15-10-11-17(20-6-2)14(12-15)8-7-9-16(18)13(3)4/h10-13,16H,5-9,18H2,1-4H3. The minimum absolute atomic E-state index is 0.278. The number of hydrogen-bond acceptors (Lipinski definition) is 3. The van der Waals surface area contributed by atoms with E-state index in [9.17, 15) is 0 Å². The van der Waals surface area contributed by atoms with Crippen molar-refractivity contribution in [3.05, 3.63) is 23.8 Å². The Bertz CT molecular complexity index is 391. The summed E-state index contributed by atoms with van der Waals surface area (Å²) in [6, 6.07) is 6.35. The van der Waals surface area contributed by atoms with E-state index in [-0.39, 0.29) is 6.04 Å². The molecule has 0 aromatic heterocycles. The molecule has 20 heavy (non-hydrogen) atoms. The molecule has 1 aromatic rings. The van der Waals surface area contributed by atoms with Crippen LogP contribution in [0.4, 0.5) is 0 Å². The van der Waals surface area contributed by atoms with Crippen molar-refractivity contribution >= 4 is 0 Å². The summed E-state index contributed by atoms with van der Waals surface area (Å²) in [6.07, 6.45) is 3.10. The van der Waals surface area contributed by atoms with Crippen LogP contribution in [0.3, 0.4) is 0 Å². The minimum Gasteiger partial charge on any atom is -0.494 e. The van der Waals surface area contributed by atoms with Crippen LogP contribution in [0.1, 0.15) is 46.1 Å². The van der Waals surface area contributed by atoms with Crippen LogP contribution >= 0.6 is 0 Å². The summed E-state index contributed by atoms with van der Waals surface area (Å²) in [5.41, 5.74) is 7.32. The fraction of sp³-hybridized carbons (Fsp3) is 0.647. The third-order valence-corrected chi connectivity index (χ3v) is 3.48. The van der Waals surface area contributed by atoms with Crippen LogP contribution in [0.25, 0.3) is 0 Å². The van der Waals surface area contributed by atoms with Gasteiger partial charge in [0.2, 0.25) is 0 Å². The van der Waals surface area contributed by atoms with Gasteiger partial charge in [-0.3, -0.25) is 0 Å². The highest BCUT2D eigenvalue weighted by molar-refractivity contribution is 5.40. The molecule has 0 saturated heterocycles. The lowest BCUT2D eigenvalue weighted by molar-refractivity contribution is 0.326. The average molecular weight is 279 g/mol. The summed E-state index contributed by atoms with van der Waals surface area (Å²) in [4.78, 5) is 0. The van der Waals surface area contributed by atoms with Gasteiger partial charge in [-0.1, -0.05) is 13.8 Å². The molecule has 0 aliphatic rings. The van der Waals surface area contributed by atoms with E-state index in [1.807, 2.05) is 26.0 Å². The first-order valence-electron chi connectivity index (χ1n) is 7.72. The Balaban J connectivity index is 2.66. The summed E-state index contributed by atoms with van der Waals surface area (Å²) in [5.74, 6) is 2.42. The summed E-state index contributed by atoms with van der Waals surface area (Å²) < 4.78 is 11.3. The molecule has 0 saturated carbocycles. The first-order chi connectivity index (χ1) is 9.58. The van der Waals surface area contributed by atoms with Crippen molar-refractivity contribution in [3.63, 3.8) is 0 Å².